The predicted octanol–water partition coefficient (Wildman–Crippen LogP) is 4.65. The molecule has 1 unspecified atom stereocenters. The van der Waals surface area contributed by atoms with Crippen LogP contribution in [0.3, 0.4) is 0 Å². The standard InChI is InChI=1S/C27H30N4O4/c1-16(2)23(31-25(33)17-10-12-18(13-11-17)27(3,4)5)26(34)35-15-22(32)19(14-28)24-29-20-8-6-7-9-21(20)30-24/h6-13,16,23,32H,15H2,1-5H3,(H,29,30)(H,31,33)/b22-19-. The van der Waals surface area contributed by atoms with Gasteiger partial charge in [-0.15, -0.1) is 0 Å². The number of aromatic amines is 1. The fourth-order valence-corrected chi connectivity index (χ4v) is 3.47. The number of hydrogen-bond donors (Lipinski definition) is 3. The second-order valence-corrected chi connectivity index (χ2v) is 9.67. The molecule has 35 heavy (non-hydrogen) atoms. The first-order valence-corrected chi connectivity index (χ1v) is 11.4. The van der Waals surface area contributed by atoms with Gasteiger partial charge >= 0.3 is 5.97 Å². The Kier molecular flexibility index (Phi) is 7.60. The minimum Gasteiger partial charge on any atom is -0.507 e. The van der Waals surface area contributed by atoms with Gasteiger partial charge in [0.2, 0.25) is 0 Å². The van der Waals surface area contributed by atoms with E-state index < -0.39 is 30.3 Å². The molecule has 0 aliphatic rings. The highest BCUT2D eigenvalue weighted by atomic mass is 16.5. The fraction of sp³-hybridized carbons (Fsp3) is 0.333. The van der Waals surface area contributed by atoms with Crippen LogP contribution in [0, 0.1) is 17.2 Å². The maximum absolute atomic E-state index is 12.8. The van der Waals surface area contributed by atoms with Gasteiger partial charge in [-0.1, -0.05) is 58.9 Å². The van der Waals surface area contributed by atoms with Gasteiger partial charge in [-0.3, -0.25) is 4.79 Å². The summed E-state index contributed by atoms with van der Waals surface area (Å²) in [5.74, 6) is -1.65. The number of nitrogens with one attached hydrogen (secondary N) is 2. The summed E-state index contributed by atoms with van der Waals surface area (Å²) >= 11 is 0. The molecule has 0 aliphatic heterocycles. The molecule has 182 valence electrons. The lowest BCUT2D eigenvalue weighted by Gasteiger charge is -2.22. The number of fused-ring (bicyclic) bond motifs is 1. The average molecular weight is 475 g/mol. The first-order valence-electron chi connectivity index (χ1n) is 11.4. The first kappa shape index (κ1) is 25.5. The highest BCUT2D eigenvalue weighted by Crippen LogP contribution is 2.22. The Morgan fingerprint density at radius 3 is 2.37 bits per heavy atom. The molecule has 0 saturated heterocycles. The molecule has 0 spiro atoms. The number of imidazole rings is 1. The Morgan fingerprint density at radius 2 is 1.80 bits per heavy atom. The van der Waals surface area contributed by atoms with Gasteiger partial charge in [0.05, 0.1) is 11.0 Å². The van der Waals surface area contributed by atoms with Crippen molar-refractivity contribution in [1.29, 1.82) is 5.26 Å². The lowest BCUT2D eigenvalue weighted by atomic mass is 9.86. The molecule has 0 aliphatic carbocycles. The second kappa shape index (κ2) is 10.4. The molecule has 0 fully saturated rings. The Balaban J connectivity index is 1.70. The maximum atomic E-state index is 12.8. The third-order valence-electron chi connectivity index (χ3n) is 5.60. The molecule has 3 N–H and O–H groups in total. The van der Waals surface area contributed by atoms with Gasteiger partial charge in [-0.25, -0.2) is 9.78 Å². The number of H-pyrrole nitrogens is 1. The highest BCUT2D eigenvalue weighted by molar-refractivity contribution is 5.97. The Hall–Kier alpha value is -4.12. The summed E-state index contributed by atoms with van der Waals surface area (Å²) in [6, 6.07) is 15.4. The molecule has 2 aromatic carbocycles. The fourth-order valence-electron chi connectivity index (χ4n) is 3.47. The monoisotopic (exact) mass is 474 g/mol. The number of allylic oxidation sites excluding steroid dienone is 1. The third-order valence-corrected chi connectivity index (χ3v) is 5.60. The molecule has 3 aromatic rings. The molecule has 8 heteroatoms. The summed E-state index contributed by atoms with van der Waals surface area (Å²) in [6.45, 7) is 9.28. The Morgan fingerprint density at radius 1 is 1.14 bits per heavy atom. The van der Waals surface area contributed by atoms with Crippen molar-refractivity contribution in [3.63, 3.8) is 0 Å². The molecule has 1 heterocycles. The molecule has 8 nitrogen and oxygen atoms in total. The molecule has 0 saturated carbocycles. The van der Waals surface area contributed by atoms with Crippen LogP contribution in [-0.4, -0.2) is 39.6 Å². The number of aromatic nitrogens is 2. The van der Waals surface area contributed by atoms with Gasteiger partial charge in [-0.05, 0) is 41.2 Å². The van der Waals surface area contributed by atoms with E-state index in [9.17, 15) is 20.0 Å². The number of amides is 1. The van der Waals surface area contributed by atoms with Crippen molar-refractivity contribution in [2.45, 2.75) is 46.1 Å². The molecule has 1 atom stereocenters. The molecule has 1 amide bonds. The van der Waals surface area contributed by atoms with Crippen LogP contribution in [0.1, 0.15) is 56.4 Å². The summed E-state index contributed by atoms with van der Waals surface area (Å²) in [4.78, 5) is 32.8. The lowest BCUT2D eigenvalue weighted by molar-refractivity contribution is -0.146. The van der Waals surface area contributed by atoms with E-state index in [1.54, 1.807) is 38.1 Å². The van der Waals surface area contributed by atoms with Crippen molar-refractivity contribution in [3.05, 3.63) is 71.2 Å². The minimum atomic E-state index is -0.936. The van der Waals surface area contributed by atoms with Crippen molar-refractivity contribution in [3.8, 4) is 6.07 Å². The van der Waals surface area contributed by atoms with Crippen LogP contribution < -0.4 is 5.32 Å². The summed E-state index contributed by atoms with van der Waals surface area (Å²) in [6.07, 6.45) is 0. The van der Waals surface area contributed by atoms with Crippen LogP contribution in [0.25, 0.3) is 16.6 Å². The van der Waals surface area contributed by atoms with E-state index in [2.05, 4.69) is 36.1 Å². The highest BCUT2D eigenvalue weighted by Gasteiger charge is 2.27. The quantitative estimate of drug-likeness (QED) is 0.260. The summed E-state index contributed by atoms with van der Waals surface area (Å²) < 4.78 is 5.25. The van der Waals surface area contributed by atoms with Crippen LogP contribution in [0.2, 0.25) is 0 Å². The van der Waals surface area contributed by atoms with Gasteiger partial charge < -0.3 is 20.1 Å². The SMILES string of the molecule is CC(C)C(NC(=O)c1ccc(C(C)(C)C)cc1)C(=O)OC/C(O)=C(\C#N)c1nc2ccccc2[nH]1. The van der Waals surface area contributed by atoms with E-state index in [4.69, 9.17) is 4.74 Å². The number of aliphatic hydroxyl groups is 1. The number of nitriles is 1. The zero-order chi connectivity index (χ0) is 25.8. The number of benzene rings is 2. The van der Waals surface area contributed by atoms with Crippen molar-refractivity contribution >= 4 is 28.5 Å². The zero-order valence-electron chi connectivity index (χ0n) is 20.5. The number of esters is 1. The van der Waals surface area contributed by atoms with Gasteiger partial charge in [0.1, 0.15) is 24.3 Å². The molecular weight excluding hydrogens is 444 g/mol. The number of carbonyl (C=O) groups is 2. The van der Waals surface area contributed by atoms with Gasteiger partial charge in [0.15, 0.2) is 11.6 Å². The third kappa shape index (κ3) is 6.07. The number of rotatable bonds is 7. The first-order chi connectivity index (χ1) is 16.5. The molecule has 1 aromatic heterocycles. The molecular formula is C27H30N4O4. The van der Waals surface area contributed by atoms with E-state index in [0.29, 0.717) is 16.6 Å². The largest absolute Gasteiger partial charge is 0.507 e. The summed E-state index contributed by atoms with van der Waals surface area (Å²) in [5.41, 5.74) is 2.69. The van der Waals surface area contributed by atoms with Crippen LogP contribution >= 0.6 is 0 Å². The average Bonchev–Trinajstić information content (AvgIpc) is 3.24. The number of nitrogens with zero attached hydrogens (tertiary/aromatic N) is 2. The lowest BCUT2D eigenvalue weighted by Crippen LogP contribution is -2.45. The van der Waals surface area contributed by atoms with Crippen molar-refractivity contribution in [2.24, 2.45) is 5.92 Å². The number of para-hydroxylation sites is 2. The van der Waals surface area contributed by atoms with Crippen molar-refractivity contribution in [2.75, 3.05) is 6.61 Å². The predicted molar refractivity (Wildman–Crippen MR) is 133 cm³/mol. The topological polar surface area (TPSA) is 128 Å². The van der Waals surface area contributed by atoms with Crippen molar-refractivity contribution < 1.29 is 19.4 Å². The van der Waals surface area contributed by atoms with Gasteiger partial charge in [0.25, 0.3) is 5.91 Å². The van der Waals surface area contributed by atoms with Crippen LogP contribution in [0.4, 0.5) is 0 Å². The van der Waals surface area contributed by atoms with E-state index in [1.165, 1.54) is 0 Å². The maximum Gasteiger partial charge on any atom is 0.329 e. The Bertz CT molecular complexity index is 1260. The van der Waals surface area contributed by atoms with E-state index >= 15 is 0 Å². The van der Waals surface area contributed by atoms with Gasteiger partial charge in [0, 0.05) is 5.56 Å². The second-order valence-electron chi connectivity index (χ2n) is 9.67. The van der Waals surface area contributed by atoms with Crippen LogP contribution in [0.15, 0.2) is 54.3 Å². The van der Waals surface area contributed by atoms with E-state index in [-0.39, 0.29) is 22.7 Å². The summed E-state index contributed by atoms with van der Waals surface area (Å²) in [5, 5.41) is 22.7. The molecule has 0 radical (unpaired) electrons. The molecule has 3 rings (SSSR count). The summed E-state index contributed by atoms with van der Waals surface area (Å²) in [7, 11) is 0. The Labute approximate surface area is 204 Å². The van der Waals surface area contributed by atoms with Crippen LogP contribution in [-0.2, 0) is 14.9 Å². The van der Waals surface area contributed by atoms with E-state index in [0.717, 1.165) is 5.56 Å². The number of aliphatic hydroxyl groups excluding tert-OH is 1. The van der Waals surface area contributed by atoms with Crippen molar-refractivity contribution in [1.82, 2.24) is 15.3 Å². The normalized spacial score (nSPS) is 13.2. The molecule has 0 bridgehead atoms. The number of ether oxygens (including phenoxy) is 1. The van der Waals surface area contributed by atoms with Crippen LogP contribution in [0.5, 0.6) is 0 Å². The minimum absolute atomic E-state index is 0.0422. The zero-order valence-corrected chi connectivity index (χ0v) is 20.5. The number of carbonyl (C=O) groups excluding carboxylic acids is 2. The smallest absolute Gasteiger partial charge is 0.329 e. The van der Waals surface area contributed by atoms with E-state index in [1.807, 2.05) is 30.3 Å². The van der Waals surface area contributed by atoms with Gasteiger partial charge in [-0.2, -0.15) is 5.26 Å². The number of hydrogen-bond acceptors (Lipinski definition) is 6.